The van der Waals surface area contributed by atoms with Crippen LogP contribution in [0.2, 0.25) is 5.02 Å². The van der Waals surface area contributed by atoms with Crippen molar-refractivity contribution in [2.24, 2.45) is 5.92 Å². The van der Waals surface area contributed by atoms with Crippen LogP contribution in [0, 0.1) is 11.1 Å². The standard InChI is InChI=1S/C22H31ClN3O4/c1-15(27)24-20-13-21(30-2)18(12-19(20)23)22(28)26(29)17-8-10-25(11-9-17)14-16-6-4-3-5-7-16/h12-13,16-17H,3-11,14H2,1-2H3,(H,24,27)/q-1. The molecule has 7 nitrogen and oxygen atoms in total. The zero-order valence-electron chi connectivity index (χ0n) is 17.8. The number of piperidine rings is 1. The second-order valence-electron chi connectivity index (χ2n) is 8.38. The largest absolute Gasteiger partial charge is 0.756 e. The van der Waals surface area contributed by atoms with E-state index < -0.39 is 5.91 Å². The molecule has 1 N–H and O–H groups in total. The molecule has 1 aromatic carbocycles. The molecular weight excluding hydrogens is 406 g/mol. The molecule has 2 amide bonds. The maximum absolute atomic E-state index is 12.9. The number of rotatable bonds is 6. The second-order valence-corrected chi connectivity index (χ2v) is 8.79. The van der Waals surface area contributed by atoms with Crippen molar-refractivity contribution in [1.82, 2.24) is 9.96 Å². The van der Waals surface area contributed by atoms with E-state index in [0.29, 0.717) is 23.6 Å². The summed E-state index contributed by atoms with van der Waals surface area (Å²) < 4.78 is 5.28. The molecule has 0 atom stereocenters. The number of hydrogen-bond donors (Lipinski definition) is 1. The molecule has 1 heterocycles. The molecule has 1 aliphatic carbocycles. The number of carbonyl (C=O) groups excluding carboxylic acids is 2. The van der Waals surface area contributed by atoms with Crippen LogP contribution in [0.15, 0.2) is 12.1 Å². The van der Waals surface area contributed by atoms with Gasteiger partial charge in [0, 0.05) is 38.7 Å². The molecule has 0 unspecified atom stereocenters. The quantitative estimate of drug-likeness (QED) is 0.672. The third kappa shape index (κ3) is 5.65. The van der Waals surface area contributed by atoms with E-state index in [0.717, 1.165) is 25.6 Å². The van der Waals surface area contributed by atoms with Gasteiger partial charge in [-0.3, -0.25) is 9.59 Å². The Bertz CT molecular complexity index is 759. The predicted octanol–water partition coefficient (Wildman–Crippen LogP) is 4.29. The van der Waals surface area contributed by atoms with Crippen LogP contribution in [0.4, 0.5) is 5.69 Å². The molecule has 1 aromatic rings. The van der Waals surface area contributed by atoms with Crippen molar-refractivity contribution < 1.29 is 14.3 Å². The summed E-state index contributed by atoms with van der Waals surface area (Å²) in [5.41, 5.74) is 0.447. The van der Waals surface area contributed by atoms with Crippen LogP contribution >= 0.6 is 11.6 Å². The van der Waals surface area contributed by atoms with Gasteiger partial charge in [-0.15, -0.1) is 0 Å². The summed E-state index contributed by atoms with van der Waals surface area (Å²) in [4.78, 5) is 26.6. The molecule has 1 saturated heterocycles. The highest BCUT2D eigenvalue weighted by atomic mass is 35.5. The van der Waals surface area contributed by atoms with Crippen LogP contribution in [0.1, 0.15) is 62.2 Å². The number of amides is 2. The maximum Gasteiger partial charge on any atom is 0.247 e. The van der Waals surface area contributed by atoms with Gasteiger partial charge in [0.2, 0.25) is 11.8 Å². The molecule has 0 bridgehead atoms. The van der Waals surface area contributed by atoms with Crippen LogP contribution in [0.25, 0.3) is 0 Å². The zero-order valence-corrected chi connectivity index (χ0v) is 18.5. The number of benzene rings is 1. The number of carbonyl (C=O) groups is 2. The highest BCUT2D eigenvalue weighted by Gasteiger charge is 2.27. The van der Waals surface area contributed by atoms with Crippen LogP contribution in [-0.4, -0.2) is 54.6 Å². The molecule has 2 aliphatic rings. The molecular formula is C22H31ClN3O4-. The smallest absolute Gasteiger partial charge is 0.247 e. The number of ether oxygens (including phenoxy) is 1. The Morgan fingerprint density at radius 1 is 1.20 bits per heavy atom. The summed E-state index contributed by atoms with van der Waals surface area (Å²) >= 11 is 6.20. The Morgan fingerprint density at radius 3 is 2.47 bits per heavy atom. The van der Waals surface area contributed by atoms with Gasteiger partial charge in [0.1, 0.15) is 5.75 Å². The fourth-order valence-corrected chi connectivity index (χ4v) is 4.74. The average Bonchev–Trinajstić information content (AvgIpc) is 2.75. The summed E-state index contributed by atoms with van der Waals surface area (Å²) in [5.74, 6) is 0.0369. The SMILES string of the molecule is COc1cc(NC(C)=O)c(Cl)cc1C(=O)N([O-])C1CCN(CC2CCCCC2)CC1. The Hall–Kier alpha value is -1.83. The second kappa shape index (κ2) is 10.5. The molecule has 0 spiro atoms. The fourth-order valence-electron chi connectivity index (χ4n) is 4.53. The highest BCUT2D eigenvalue weighted by Crippen LogP contribution is 2.33. The van der Waals surface area contributed by atoms with E-state index in [4.69, 9.17) is 16.3 Å². The van der Waals surface area contributed by atoms with Crippen LogP contribution in [-0.2, 0) is 4.79 Å². The van der Waals surface area contributed by atoms with Gasteiger partial charge >= 0.3 is 0 Å². The van der Waals surface area contributed by atoms with E-state index in [1.165, 1.54) is 58.3 Å². The molecule has 2 fully saturated rings. The summed E-state index contributed by atoms with van der Waals surface area (Å²) in [5, 5.41) is 16.2. The number of likely N-dealkylation sites (tertiary alicyclic amines) is 1. The van der Waals surface area contributed by atoms with Crippen molar-refractivity contribution in [1.29, 1.82) is 0 Å². The summed E-state index contributed by atoms with van der Waals surface area (Å²) in [6.07, 6.45) is 7.96. The van der Waals surface area contributed by atoms with Gasteiger partial charge < -0.3 is 25.2 Å². The number of methoxy groups -OCH3 is 1. The fraction of sp³-hybridized carbons (Fsp3) is 0.636. The predicted molar refractivity (Wildman–Crippen MR) is 118 cm³/mol. The van der Waals surface area contributed by atoms with Gasteiger partial charge in [0.05, 0.1) is 23.4 Å². The first-order chi connectivity index (χ1) is 14.4. The Kier molecular flexibility index (Phi) is 7.97. The van der Waals surface area contributed by atoms with E-state index in [2.05, 4.69) is 10.2 Å². The third-order valence-electron chi connectivity index (χ3n) is 6.16. The number of hydrogen-bond acceptors (Lipinski definition) is 5. The molecule has 1 aliphatic heterocycles. The molecule has 3 rings (SSSR count). The van der Waals surface area contributed by atoms with Crippen molar-refractivity contribution >= 4 is 29.1 Å². The highest BCUT2D eigenvalue weighted by molar-refractivity contribution is 6.34. The van der Waals surface area contributed by atoms with Gasteiger partial charge in [0.25, 0.3) is 0 Å². The summed E-state index contributed by atoms with van der Waals surface area (Å²) in [6.45, 7) is 4.15. The first-order valence-electron chi connectivity index (χ1n) is 10.8. The molecule has 30 heavy (non-hydrogen) atoms. The van der Waals surface area contributed by atoms with Gasteiger partial charge in [0.15, 0.2) is 0 Å². The Balaban J connectivity index is 1.61. The Morgan fingerprint density at radius 2 is 1.87 bits per heavy atom. The van der Waals surface area contributed by atoms with Gasteiger partial charge in [-0.25, -0.2) is 0 Å². The molecule has 1 saturated carbocycles. The van der Waals surface area contributed by atoms with E-state index in [-0.39, 0.29) is 28.3 Å². The lowest BCUT2D eigenvalue weighted by Crippen LogP contribution is -2.46. The third-order valence-corrected chi connectivity index (χ3v) is 6.47. The summed E-state index contributed by atoms with van der Waals surface area (Å²) in [6, 6.07) is 2.51. The van der Waals surface area contributed by atoms with E-state index in [1.807, 2.05) is 0 Å². The lowest BCUT2D eigenvalue weighted by molar-refractivity contribution is -0.114. The number of hydroxylamine groups is 2. The van der Waals surface area contributed by atoms with Crippen molar-refractivity contribution in [3.8, 4) is 5.75 Å². The first kappa shape index (κ1) is 22.8. The van der Waals surface area contributed by atoms with Crippen molar-refractivity contribution in [3.63, 3.8) is 0 Å². The molecule has 166 valence electrons. The van der Waals surface area contributed by atoms with E-state index >= 15 is 0 Å². The average molecular weight is 437 g/mol. The minimum Gasteiger partial charge on any atom is -0.756 e. The van der Waals surface area contributed by atoms with Gasteiger partial charge in [-0.1, -0.05) is 30.9 Å². The van der Waals surface area contributed by atoms with Crippen LogP contribution < -0.4 is 10.1 Å². The molecule has 8 heteroatoms. The normalized spacial score (nSPS) is 18.8. The lowest BCUT2D eigenvalue weighted by atomic mass is 9.88. The van der Waals surface area contributed by atoms with E-state index in [1.54, 1.807) is 0 Å². The van der Waals surface area contributed by atoms with Crippen LogP contribution in [0.5, 0.6) is 5.75 Å². The number of anilines is 1. The minimum absolute atomic E-state index is 0.108. The van der Waals surface area contributed by atoms with Crippen LogP contribution in [0.3, 0.4) is 0 Å². The maximum atomic E-state index is 12.9. The van der Waals surface area contributed by atoms with Crippen molar-refractivity contribution in [3.05, 3.63) is 27.9 Å². The molecule has 0 aromatic heterocycles. The minimum atomic E-state index is -0.658. The zero-order chi connectivity index (χ0) is 21.7. The molecule has 0 radical (unpaired) electrons. The lowest BCUT2D eigenvalue weighted by Gasteiger charge is -2.43. The van der Waals surface area contributed by atoms with Gasteiger partial charge in [-0.05, 0) is 37.7 Å². The monoisotopic (exact) mass is 436 g/mol. The van der Waals surface area contributed by atoms with Crippen molar-refractivity contribution in [2.75, 3.05) is 32.1 Å². The first-order valence-corrected chi connectivity index (χ1v) is 11.1. The Labute approximate surface area is 183 Å². The van der Waals surface area contributed by atoms with E-state index in [9.17, 15) is 14.8 Å². The number of nitrogens with one attached hydrogen (secondary N) is 1. The van der Waals surface area contributed by atoms with Crippen molar-refractivity contribution in [2.45, 2.75) is 57.9 Å². The summed E-state index contributed by atoms with van der Waals surface area (Å²) in [7, 11) is 1.41. The topological polar surface area (TPSA) is 84.9 Å². The number of nitrogens with zero attached hydrogens (tertiary/aromatic N) is 2. The number of halogens is 1. The van der Waals surface area contributed by atoms with Gasteiger partial charge in [-0.2, -0.15) is 0 Å².